The molecular weight excluding hydrogens is 278 g/mol. The molecule has 1 fully saturated rings. The minimum atomic E-state index is -0.544. The summed E-state index contributed by atoms with van der Waals surface area (Å²) in [7, 11) is 1.33. The monoisotopic (exact) mass is 297 g/mol. The van der Waals surface area contributed by atoms with Crippen molar-refractivity contribution >= 4 is 5.69 Å². The summed E-state index contributed by atoms with van der Waals surface area (Å²) >= 11 is 0. The van der Waals surface area contributed by atoms with Crippen molar-refractivity contribution in [2.75, 3.05) is 39.9 Å². The quantitative estimate of drug-likeness (QED) is 0.528. The van der Waals surface area contributed by atoms with E-state index in [0.717, 1.165) is 13.1 Å². The van der Waals surface area contributed by atoms with Gasteiger partial charge in [0.25, 0.3) is 5.69 Å². The van der Waals surface area contributed by atoms with Crippen molar-refractivity contribution in [1.82, 2.24) is 10.2 Å². The van der Waals surface area contributed by atoms with Crippen molar-refractivity contribution in [2.24, 2.45) is 0 Å². The van der Waals surface area contributed by atoms with Crippen molar-refractivity contribution in [3.63, 3.8) is 0 Å². The summed E-state index contributed by atoms with van der Waals surface area (Å²) in [5.74, 6) is -0.131. The zero-order chi connectivity index (χ0) is 15.4. The van der Waals surface area contributed by atoms with Gasteiger partial charge in [0.2, 0.25) is 0 Å². The second-order valence-corrected chi connectivity index (χ2v) is 4.83. The Bertz CT molecular complexity index is 517. The molecule has 8 nitrogen and oxygen atoms in total. The molecule has 116 valence electrons. The topological polar surface area (TPSA) is 108 Å². The Kier molecular flexibility index (Phi) is 4.94. The summed E-state index contributed by atoms with van der Waals surface area (Å²) in [6.07, 6.45) is 0. The van der Waals surface area contributed by atoms with Gasteiger partial charge in [-0.25, -0.2) is 0 Å². The number of nitro benzene ring substituents is 1. The molecule has 0 bridgehead atoms. The lowest BCUT2D eigenvalue weighted by Gasteiger charge is -2.34. The number of aliphatic hydroxyl groups excluding tert-OH is 1. The Balaban J connectivity index is 2.43. The number of nitro groups is 1. The van der Waals surface area contributed by atoms with E-state index < -0.39 is 11.0 Å². The molecule has 8 heteroatoms. The molecule has 0 aromatic heterocycles. The van der Waals surface area contributed by atoms with Crippen LogP contribution in [0.25, 0.3) is 0 Å². The number of phenolic OH excluding ortho intramolecular Hbond substituents is 1. The van der Waals surface area contributed by atoms with Gasteiger partial charge in [-0.2, -0.15) is 0 Å². The zero-order valence-corrected chi connectivity index (χ0v) is 11.8. The first-order valence-electron chi connectivity index (χ1n) is 6.69. The van der Waals surface area contributed by atoms with Crippen molar-refractivity contribution in [3.05, 3.63) is 27.8 Å². The van der Waals surface area contributed by atoms with Gasteiger partial charge in [-0.3, -0.25) is 15.0 Å². The van der Waals surface area contributed by atoms with E-state index in [1.54, 1.807) is 0 Å². The minimum Gasteiger partial charge on any atom is -0.504 e. The maximum absolute atomic E-state index is 11.0. The number of piperazine rings is 1. The molecule has 1 heterocycles. The number of hydrogen-bond donors (Lipinski definition) is 3. The largest absolute Gasteiger partial charge is 0.504 e. The number of nitrogens with one attached hydrogen (secondary N) is 1. The average molecular weight is 297 g/mol. The lowest BCUT2D eigenvalue weighted by Crippen LogP contribution is -2.46. The highest BCUT2D eigenvalue weighted by atomic mass is 16.6. The van der Waals surface area contributed by atoms with Gasteiger partial charge < -0.3 is 20.3 Å². The maximum atomic E-state index is 11.0. The molecular formula is C13H19N3O5. The van der Waals surface area contributed by atoms with E-state index >= 15 is 0 Å². The third-order valence-electron chi connectivity index (χ3n) is 3.64. The normalized spacial score (nSPS) is 17.4. The van der Waals surface area contributed by atoms with E-state index in [1.807, 2.05) is 4.90 Å². The molecule has 21 heavy (non-hydrogen) atoms. The molecule has 1 aromatic carbocycles. The van der Waals surface area contributed by atoms with E-state index in [0.29, 0.717) is 18.7 Å². The highest BCUT2D eigenvalue weighted by Gasteiger charge is 2.27. The van der Waals surface area contributed by atoms with Crippen LogP contribution in [0.5, 0.6) is 11.5 Å². The molecule has 0 spiro atoms. The van der Waals surface area contributed by atoms with Crippen LogP contribution in [0.2, 0.25) is 0 Å². The summed E-state index contributed by atoms with van der Waals surface area (Å²) in [4.78, 5) is 12.4. The predicted octanol–water partition coefficient (Wildman–Crippen LogP) is 0.248. The molecule has 1 aliphatic rings. The Hall–Kier alpha value is -1.90. The fraction of sp³-hybridized carbons (Fsp3) is 0.538. The van der Waals surface area contributed by atoms with Crippen LogP contribution >= 0.6 is 0 Å². The van der Waals surface area contributed by atoms with Gasteiger partial charge in [0.15, 0.2) is 11.5 Å². The van der Waals surface area contributed by atoms with E-state index in [2.05, 4.69) is 5.32 Å². The number of benzene rings is 1. The molecule has 1 aliphatic heterocycles. The second-order valence-electron chi connectivity index (χ2n) is 4.83. The molecule has 1 aromatic rings. The molecule has 0 saturated carbocycles. The summed E-state index contributed by atoms with van der Waals surface area (Å²) in [5, 5.41) is 34.1. The van der Waals surface area contributed by atoms with Gasteiger partial charge in [0, 0.05) is 37.8 Å². The first kappa shape index (κ1) is 15.5. The third-order valence-corrected chi connectivity index (χ3v) is 3.64. The van der Waals surface area contributed by atoms with Gasteiger partial charge >= 0.3 is 0 Å². The fourth-order valence-electron chi connectivity index (χ4n) is 2.53. The van der Waals surface area contributed by atoms with Crippen LogP contribution in [0, 0.1) is 10.1 Å². The smallest absolute Gasteiger partial charge is 0.273 e. The summed E-state index contributed by atoms with van der Waals surface area (Å²) in [5.41, 5.74) is 0.138. The average Bonchev–Trinajstić information content (AvgIpc) is 2.50. The van der Waals surface area contributed by atoms with Crippen molar-refractivity contribution in [1.29, 1.82) is 0 Å². The number of aliphatic hydroxyl groups is 1. The van der Waals surface area contributed by atoms with Gasteiger partial charge in [-0.15, -0.1) is 0 Å². The number of methoxy groups -OCH3 is 1. The lowest BCUT2D eigenvalue weighted by molar-refractivity contribution is -0.385. The minimum absolute atomic E-state index is 0.0350. The van der Waals surface area contributed by atoms with Crippen LogP contribution in [0.3, 0.4) is 0 Å². The van der Waals surface area contributed by atoms with Crippen LogP contribution in [0.4, 0.5) is 5.69 Å². The summed E-state index contributed by atoms with van der Waals surface area (Å²) < 4.78 is 4.99. The van der Waals surface area contributed by atoms with Gasteiger partial charge in [0.1, 0.15) is 0 Å². The van der Waals surface area contributed by atoms with Crippen LogP contribution in [-0.2, 0) is 0 Å². The van der Waals surface area contributed by atoms with Crippen LogP contribution < -0.4 is 10.1 Å². The molecule has 0 aliphatic carbocycles. The number of rotatable bonds is 5. The number of non-ortho nitro benzene ring substituents is 1. The van der Waals surface area contributed by atoms with Gasteiger partial charge in [0.05, 0.1) is 30.7 Å². The number of phenols is 1. The lowest BCUT2D eigenvalue weighted by atomic mass is 10.0. The first-order chi connectivity index (χ1) is 10.1. The van der Waals surface area contributed by atoms with Crippen molar-refractivity contribution in [3.8, 4) is 11.5 Å². The molecule has 3 N–H and O–H groups in total. The molecule has 2 rings (SSSR count). The Morgan fingerprint density at radius 1 is 1.48 bits per heavy atom. The first-order valence-corrected chi connectivity index (χ1v) is 6.69. The molecule has 0 radical (unpaired) electrons. The highest BCUT2D eigenvalue weighted by molar-refractivity contribution is 5.54. The number of hydrogen-bond acceptors (Lipinski definition) is 7. The van der Waals surface area contributed by atoms with E-state index in [4.69, 9.17) is 4.74 Å². The van der Waals surface area contributed by atoms with Crippen molar-refractivity contribution < 1.29 is 19.9 Å². The van der Waals surface area contributed by atoms with E-state index in [1.165, 1.54) is 19.2 Å². The summed E-state index contributed by atoms with van der Waals surface area (Å²) in [6, 6.07) is 1.96. The number of aromatic hydroxyl groups is 1. The Morgan fingerprint density at radius 3 is 2.67 bits per heavy atom. The molecule has 1 atom stereocenters. The molecule has 0 amide bonds. The van der Waals surface area contributed by atoms with Gasteiger partial charge in [-0.1, -0.05) is 0 Å². The SMILES string of the molecule is COc1cc([N+](=O)[O-])cc([C@@H](CO)N2CCNCC2)c1O. The van der Waals surface area contributed by atoms with Gasteiger partial charge in [-0.05, 0) is 0 Å². The third kappa shape index (κ3) is 3.23. The number of ether oxygens (including phenoxy) is 1. The molecule has 0 unspecified atom stereocenters. The van der Waals surface area contributed by atoms with Crippen LogP contribution in [0.15, 0.2) is 12.1 Å². The fourth-order valence-corrected chi connectivity index (χ4v) is 2.53. The van der Waals surface area contributed by atoms with E-state index in [9.17, 15) is 20.3 Å². The standard InChI is InChI=1S/C13H19N3O5/c1-21-12-7-9(16(19)20)6-10(13(12)18)11(8-17)15-4-2-14-3-5-15/h6-7,11,14,17-18H,2-5,8H2,1H3/t11-/m1/s1. The van der Waals surface area contributed by atoms with Crippen LogP contribution in [0.1, 0.15) is 11.6 Å². The molecule has 1 saturated heterocycles. The number of nitrogens with zero attached hydrogens (tertiary/aromatic N) is 2. The van der Waals surface area contributed by atoms with E-state index in [-0.39, 0.29) is 23.8 Å². The van der Waals surface area contributed by atoms with Crippen molar-refractivity contribution in [2.45, 2.75) is 6.04 Å². The van der Waals surface area contributed by atoms with Crippen LogP contribution in [-0.4, -0.2) is 59.9 Å². The second kappa shape index (κ2) is 6.70. The summed E-state index contributed by atoms with van der Waals surface area (Å²) in [6.45, 7) is 2.68. The predicted molar refractivity (Wildman–Crippen MR) is 75.6 cm³/mol. The zero-order valence-electron chi connectivity index (χ0n) is 11.8. The highest BCUT2D eigenvalue weighted by Crippen LogP contribution is 2.39. The Labute approximate surface area is 122 Å². The Morgan fingerprint density at radius 2 is 2.14 bits per heavy atom. The maximum Gasteiger partial charge on any atom is 0.273 e.